The van der Waals surface area contributed by atoms with Gasteiger partial charge in [0.25, 0.3) is 0 Å². The first-order valence-electron chi connectivity index (χ1n) is 3.62. The van der Waals surface area contributed by atoms with Gasteiger partial charge in [0.1, 0.15) is 6.10 Å². The van der Waals surface area contributed by atoms with Crippen LogP contribution >= 0.6 is 0 Å². The molecule has 66 valence electrons. The molecule has 0 aliphatic carbocycles. The summed E-state index contributed by atoms with van der Waals surface area (Å²) in [5, 5.41) is 0. The molecule has 0 aliphatic heterocycles. The second kappa shape index (κ2) is 5.97. The Hall–Kier alpha value is -0.770. The quantitative estimate of drug-likeness (QED) is 0.359. The van der Waals surface area contributed by atoms with Crippen LogP contribution in [0, 0.1) is 0 Å². The van der Waals surface area contributed by atoms with Crippen molar-refractivity contribution in [3.63, 3.8) is 0 Å². The molecule has 0 aromatic carbocycles. The maximum Gasteiger partial charge on any atom is 0.540 e. The third kappa shape index (κ3) is 5.66. The van der Waals surface area contributed by atoms with Gasteiger partial charge in [-0.2, -0.15) is 4.89 Å². The minimum atomic E-state index is -0.812. The molecule has 0 radical (unpaired) electrons. The van der Waals surface area contributed by atoms with Crippen molar-refractivity contribution in [3.05, 3.63) is 0 Å². The van der Waals surface area contributed by atoms with E-state index in [-0.39, 0.29) is 6.10 Å². The van der Waals surface area contributed by atoms with Crippen LogP contribution in [0.3, 0.4) is 0 Å². The maximum absolute atomic E-state index is 10.4. The van der Waals surface area contributed by atoms with Gasteiger partial charge in [0.05, 0.1) is 7.11 Å². The van der Waals surface area contributed by atoms with Crippen LogP contribution < -0.4 is 0 Å². The van der Waals surface area contributed by atoms with Crippen LogP contribution in [0.15, 0.2) is 0 Å². The molecule has 0 rings (SSSR count). The number of hydrogen-bond acceptors (Lipinski definition) is 4. The van der Waals surface area contributed by atoms with Crippen LogP contribution in [0.4, 0.5) is 4.79 Å². The van der Waals surface area contributed by atoms with Gasteiger partial charge in [0.2, 0.25) is 0 Å². The summed E-state index contributed by atoms with van der Waals surface area (Å²) >= 11 is 0. The first-order chi connectivity index (χ1) is 5.20. The lowest BCUT2D eigenvalue weighted by Gasteiger charge is -2.08. The minimum Gasteiger partial charge on any atom is -0.436 e. The van der Waals surface area contributed by atoms with Gasteiger partial charge in [-0.1, -0.05) is 13.3 Å². The molecule has 0 spiro atoms. The van der Waals surface area contributed by atoms with E-state index in [1.54, 1.807) is 0 Å². The molecule has 0 saturated heterocycles. The highest BCUT2D eigenvalue weighted by Crippen LogP contribution is 2.01. The fraction of sp³-hybridized carbons (Fsp3) is 0.857. The van der Waals surface area contributed by atoms with E-state index in [0.29, 0.717) is 0 Å². The van der Waals surface area contributed by atoms with Crippen molar-refractivity contribution in [3.8, 4) is 0 Å². The van der Waals surface area contributed by atoms with Crippen molar-refractivity contribution >= 4 is 6.16 Å². The molecule has 1 unspecified atom stereocenters. The summed E-state index contributed by atoms with van der Waals surface area (Å²) in [6.45, 7) is 3.85. The Morgan fingerprint density at radius 1 is 1.55 bits per heavy atom. The van der Waals surface area contributed by atoms with E-state index in [1.165, 1.54) is 7.11 Å². The Labute approximate surface area is 66.4 Å². The van der Waals surface area contributed by atoms with Gasteiger partial charge in [-0.3, -0.25) is 4.89 Å². The van der Waals surface area contributed by atoms with Crippen molar-refractivity contribution in [2.24, 2.45) is 0 Å². The van der Waals surface area contributed by atoms with Crippen molar-refractivity contribution < 1.29 is 19.3 Å². The number of ether oxygens (including phenoxy) is 1. The van der Waals surface area contributed by atoms with Crippen LogP contribution in [-0.2, 0) is 14.5 Å². The van der Waals surface area contributed by atoms with Crippen molar-refractivity contribution in [1.82, 2.24) is 0 Å². The number of carbonyl (C=O) groups excluding carboxylic acids is 1. The molecule has 0 aliphatic rings. The van der Waals surface area contributed by atoms with E-state index in [4.69, 9.17) is 0 Å². The second-order valence-corrected chi connectivity index (χ2v) is 2.23. The molecule has 4 heteroatoms. The predicted octanol–water partition coefficient (Wildman–Crippen LogP) is 1.89. The standard InChI is InChI=1S/C7H14O4/c1-4-5-6(2)10-11-7(8)9-3/h6H,4-5H2,1-3H3. The van der Waals surface area contributed by atoms with Gasteiger partial charge in [0, 0.05) is 0 Å². The summed E-state index contributed by atoms with van der Waals surface area (Å²) in [6, 6.07) is 0. The molecule has 1 atom stereocenters. The highest BCUT2D eigenvalue weighted by atomic mass is 17.2. The molecule has 0 aromatic rings. The van der Waals surface area contributed by atoms with Gasteiger partial charge < -0.3 is 4.74 Å². The summed E-state index contributed by atoms with van der Waals surface area (Å²) in [4.78, 5) is 19.3. The minimum absolute atomic E-state index is 0.0703. The topological polar surface area (TPSA) is 44.8 Å². The van der Waals surface area contributed by atoms with Gasteiger partial charge in [-0.05, 0) is 13.3 Å². The zero-order chi connectivity index (χ0) is 8.69. The summed E-state index contributed by atoms with van der Waals surface area (Å²) < 4.78 is 4.19. The Kier molecular flexibility index (Phi) is 5.56. The van der Waals surface area contributed by atoms with Crippen LogP contribution in [0.1, 0.15) is 26.7 Å². The van der Waals surface area contributed by atoms with Crippen LogP contribution in [0.2, 0.25) is 0 Å². The zero-order valence-electron chi connectivity index (χ0n) is 7.12. The molecule has 0 amide bonds. The van der Waals surface area contributed by atoms with E-state index in [9.17, 15) is 4.79 Å². The molecular formula is C7H14O4. The molecule has 4 nitrogen and oxygen atoms in total. The molecule has 0 heterocycles. The number of carbonyl (C=O) groups is 1. The SMILES string of the molecule is CCCC(C)OOC(=O)OC. The van der Waals surface area contributed by atoms with Crippen molar-refractivity contribution in [1.29, 1.82) is 0 Å². The lowest BCUT2D eigenvalue weighted by Crippen LogP contribution is -2.12. The summed E-state index contributed by atoms with van der Waals surface area (Å²) in [6.07, 6.45) is 0.968. The summed E-state index contributed by atoms with van der Waals surface area (Å²) in [5.41, 5.74) is 0. The Morgan fingerprint density at radius 3 is 2.64 bits per heavy atom. The lowest BCUT2D eigenvalue weighted by molar-refractivity contribution is -0.281. The third-order valence-corrected chi connectivity index (χ3v) is 1.14. The predicted molar refractivity (Wildman–Crippen MR) is 38.9 cm³/mol. The van der Waals surface area contributed by atoms with Gasteiger partial charge in [-0.15, -0.1) is 0 Å². The highest BCUT2D eigenvalue weighted by Gasteiger charge is 2.06. The highest BCUT2D eigenvalue weighted by molar-refractivity contribution is 5.58. The lowest BCUT2D eigenvalue weighted by atomic mass is 10.2. The number of methoxy groups -OCH3 is 1. The van der Waals surface area contributed by atoms with Crippen molar-refractivity contribution in [2.45, 2.75) is 32.8 Å². The smallest absolute Gasteiger partial charge is 0.436 e. The maximum atomic E-state index is 10.4. The van der Waals surface area contributed by atoms with Crippen LogP contribution in [-0.4, -0.2) is 19.4 Å². The van der Waals surface area contributed by atoms with E-state index < -0.39 is 6.16 Å². The molecule has 0 N–H and O–H groups in total. The van der Waals surface area contributed by atoms with E-state index in [2.05, 4.69) is 14.5 Å². The fourth-order valence-corrected chi connectivity index (χ4v) is 0.610. The molecule has 11 heavy (non-hydrogen) atoms. The zero-order valence-corrected chi connectivity index (χ0v) is 7.12. The third-order valence-electron chi connectivity index (χ3n) is 1.14. The average molecular weight is 162 g/mol. The fourth-order valence-electron chi connectivity index (χ4n) is 0.610. The van der Waals surface area contributed by atoms with E-state index in [1.807, 2.05) is 13.8 Å². The Balaban J connectivity index is 3.29. The first-order valence-corrected chi connectivity index (χ1v) is 3.62. The number of rotatable bonds is 4. The molecule has 0 saturated carbocycles. The van der Waals surface area contributed by atoms with Crippen LogP contribution in [0.5, 0.6) is 0 Å². The van der Waals surface area contributed by atoms with Crippen molar-refractivity contribution in [2.75, 3.05) is 7.11 Å². The van der Waals surface area contributed by atoms with Gasteiger partial charge >= 0.3 is 6.16 Å². The molecule has 0 fully saturated rings. The number of hydrogen-bond donors (Lipinski definition) is 0. The van der Waals surface area contributed by atoms with Crippen LogP contribution in [0.25, 0.3) is 0 Å². The molecule has 0 aromatic heterocycles. The Bertz CT molecular complexity index is 113. The summed E-state index contributed by atoms with van der Waals surface area (Å²) in [7, 11) is 1.23. The van der Waals surface area contributed by atoms with E-state index in [0.717, 1.165) is 12.8 Å². The largest absolute Gasteiger partial charge is 0.540 e. The first kappa shape index (κ1) is 10.2. The van der Waals surface area contributed by atoms with Gasteiger partial charge in [0.15, 0.2) is 0 Å². The van der Waals surface area contributed by atoms with E-state index >= 15 is 0 Å². The van der Waals surface area contributed by atoms with Gasteiger partial charge in [-0.25, -0.2) is 4.79 Å². The average Bonchev–Trinajstić information content (AvgIpc) is 2.01. The normalized spacial score (nSPS) is 12.3. The Morgan fingerprint density at radius 2 is 2.18 bits per heavy atom. The monoisotopic (exact) mass is 162 g/mol. The second-order valence-electron chi connectivity index (χ2n) is 2.23. The molecule has 0 bridgehead atoms. The molecular weight excluding hydrogens is 148 g/mol. The summed E-state index contributed by atoms with van der Waals surface area (Å²) in [5.74, 6) is 0.